The number of hydrogen-bond donors (Lipinski definition) is 4. The summed E-state index contributed by atoms with van der Waals surface area (Å²) in [6.07, 6.45) is 1.09. The van der Waals surface area contributed by atoms with Crippen LogP contribution in [0.5, 0.6) is 5.75 Å². The van der Waals surface area contributed by atoms with Crippen molar-refractivity contribution in [1.29, 1.82) is 0 Å². The number of imide groups is 1. The number of carboxylic acids is 1. The molecule has 0 aliphatic carbocycles. The van der Waals surface area contributed by atoms with Crippen LogP contribution in [-0.4, -0.2) is 60.6 Å². The van der Waals surface area contributed by atoms with Crippen LogP contribution in [0.2, 0.25) is 0 Å². The normalized spacial score (nSPS) is 17.1. The predicted octanol–water partition coefficient (Wildman–Crippen LogP) is 3.45. The first kappa shape index (κ1) is 30.1. The summed E-state index contributed by atoms with van der Waals surface area (Å²) < 4.78 is 33.0. The Kier molecular flexibility index (Phi) is 10.2. The van der Waals surface area contributed by atoms with E-state index in [1.807, 2.05) is 6.92 Å². The first-order valence-electron chi connectivity index (χ1n) is 12.8. The van der Waals surface area contributed by atoms with E-state index in [0.717, 1.165) is 17.0 Å². The Morgan fingerprint density at radius 2 is 1.98 bits per heavy atom. The van der Waals surface area contributed by atoms with Crippen LogP contribution in [0.25, 0.3) is 0 Å². The van der Waals surface area contributed by atoms with Gasteiger partial charge in [0, 0.05) is 18.3 Å². The molecule has 3 amide bonds. The topological polar surface area (TPSA) is 156 Å². The molecule has 11 nitrogen and oxygen atoms in total. The number of nitrogens with one attached hydrogen (secondary N) is 2. The van der Waals surface area contributed by atoms with Crippen molar-refractivity contribution in [1.82, 2.24) is 15.5 Å². The van der Waals surface area contributed by atoms with Gasteiger partial charge in [0.05, 0.1) is 31.2 Å². The number of halogens is 2. The van der Waals surface area contributed by atoms with Gasteiger partial charge in [-0.1, -0.05) is 24.6 Å². The summed E-state index contributed by atoms with van der Waals surface area (Å²) in [4.78, 5) is 44.6. The number of amides is 3. The number of anilines is 1. The maximum atomic E-state index is 14.0. The van der Waals surface area contributed by atoms with Crippen molar-refractivity contribution in [3.63, 3.8) is 0 Å². The van der Waals surface area contributed by atoms with Crippen LogP contribution >= 0.6 is 0 Å². The van der Waals surface area contributed by atoms with Crippen LogP contribution in [0, 0.1) is 17.6 Å². The Hall–Kier alpha value is -4.42. The molecule has 0 bridgehead atoms. The lowest BCUT2D eigenvalue weighted by Gasteiger charge is -2.26. The highest BCUT2D eigenvalue weighted by molar-refractivity contribution is 6.02. The molecule has 0 radical (unpaired) electrons. The molecule has 2 aromatic carbocycles. The van der Waals surface area contributed by atoms with Crippen LogP contribution in [0.4, 0.5) is 19.3 Å². The average Bonchev–Trinajstić information content (AvgIpc) is 3.07. The molecule has 2 atom stereocenters. The zero-order valence-electron chi connectivity index (χ0n) is 22.5. The Morgan fingerprint density at radius 1 is 1.25 bits per heavy atom. The van der Waals surface area contributed by atoms with Gasteiger partial charge in [-0.2, -0.15) is 0 Å². The Bertz CT molecular complexity index is 1290. The fourth-order valence-corrected chi connectivity index (χ4v) is 4.38. The Labute approximate surface area is 230 Å². The lowest BCUT2D eigenvalue weighted by atomic mass is 9.97. The molecule has 2 unspecified atom stereocenters. The average molecular weight is 562 g/mol. The van der Waals surface area contributed by atoms with E-state index in [4.69, 9.17) is 15.3 Å². The second-order valence-corrected chi connectivity index (χ2v) is 9.18. The molecule has 3 rings (SSSR count). The number of nitrogens with two attached hydrogens (primary N) is 1. The number of benzene rings is 2. The molecular formula is C27H33F2N5O6. The summed E-state index contributed by atoms with van der Waals surface area (Å²) >= 11 is 0. The van der Waals surface area contributed by atoms with Crippen molar-refractivity contribution in [3.05, 3.63) is 58.7 Å². The second-order valence-electron chi connectivity index (χ2n) is 9.18. The number of aromatic carboxylic acids is 1. The summed E-state index contributed by atoms with van der Waals surface area (Å²) in [6, 6.07) is 4.98. The maximum Gasteiger partial charge on any atom is 0.337 e. The van der Waals surface area contributed by atoms with Crippen molar-refractivity contribution in [2.45, 2.75) is 39.2 Å². The van der Waals surface area contributed by atoms with E-state index < -0.39 is 41.5 Å². The van der Waals surface area contributed by atoms with Gasteiger partial charge in [0.25, 0.3) is 0 Å². The summed E-state index contributed by atoms with van der Waals surface area (Å²) in [5, 5.41) is 19.1. The number of oxime groups is 1. The minimum Gasteiger partial charge on any atom is -0.496 e. The minimum absolute atomic E-state index is 0.0436. The molecule has 1 fully saturated rings. The zero-order chi connectivity index (χ0) is 29.4. The third-order valence-electron chi connectivity index (χ3n) is 6.40. The largest absolute Gasteiger partial charge is 0.496 e. The molecule has 0 aromatic heterocycles. The van der Waals surface area contributed by atoms with Gasteiger partial charge in [-0.15, -0.1) is 0 Å². The molecule has 2 aromatic rings. The molecular weight excluding hydrogens is 528 g/mol. The monoisotopic (exact) mass is 561 g/mol. The van der Waals surface area contributed by atoms with Crippen LogP contribution in [0.1, 0.15) is 54.2 Å². The number of rotatable bonds is 10. The van der Waals surface area contributed by atoms with E-state index in [0.29, 0.717) is 18.4 Å². The number of carbonyl (C=O) groups is 3. The van der Waals surface area contributed by atoms with Gasteiger partial charge in [0.1, 0.15) is 12.4 Å². The van der Waals surface area contributed by atoms with E-state index in [-0.39, 0.29) is 54.5 Å². The molecule has 1 saturated heterocycles. The van der Waals surface area contributed by atoms with Crippen molar-refractivity contribution < 1.29 is 37.8 Å². The quantitative estimate of drug-likeness (QED) is 0.254. The van der Waals surface area contributed by atoms with E-state index in [1.54, 1.807) is 13.0 Å². The predicted molar refractivity (Wildman–Crippen MR) is 143 cm³/mol. The van der Waals surface area contributed by atoms with Crippen molar-refractivity contribution >= 4 is 29.4 Å². The van der Waals surface area contributed by atoms with Gasteiger partial charge in [-0.05, 0) is 49.1 Å². The highest BCUT2D eigenvalue weighted by atomic mass is 19.2. The van der Waals surface area contributed by atoms with Gasteiger partial charge in [0.15, 0.2) is 17.5 Å². The van der Waals surface area contributed by atoms with Gasteiger partial charge >= 0.3 is 12.0 Å². The standard InChI is InChI=1S/C27H33F2N5O6/c1-4-6-22(15-7-8-18(26(36)37)21(30)11-15)32-27(38)34-14-24(33-40-5-2)31-13-17(25(34)35)9-16-10-19(28)20(29)12-23(16)39-3/h7-8,10-12,17,22H,4-6,9,13-14,30H2,1-3H3,(H,31,33)(H,32,38)(H,36,37). The van der Waals surface area contributed by atoms with Crippen LogP contribution < -0.4 is 21.1 Å². The number of urea groups is 1. The molecule has 1 aliphatic rings. The number of nitrogen functional groups attached to an aromatic ring is 1. The molecule has 1 heterocycles. The molecule has 0 saturated carbocycles. The lowest BCUT2D eigenvalue weighted by Crippen LogP contribution is -2.48. The fraction of sp³-hybridized carbons (Fsp3) is 0.407. The first-order chi connectivity index (χ1) is 19.1. The van der Waals surface area contributed by atoms with Gasteiger partial charge in [0.2, 0.25) is 5.91 Å². The second kappa shape index (κ2) is 13.6. The van der Waals surface area contributed by atoms with Crippen LogP contribution in [0.15, 0.2) is 35.5 Å². The molecule has 40 heavy (non-hydrogen) atoms. The molecule has 0 spiro atoms. The molecule has 216 valence electrons. The number of amidine groups is 1. The molecule has 1 aliphatic heterocycles. The van der Waals surface area contributed by atoms with Gasteiger partial charge < -0.3 is 31.0 Å². The number of carboxylic acid groups (broad SMARTS) is 1. The number of hydrogen-bond acceptors (Lipinski definition) is 7. The highest BCUT2D eigenvalue weighted by Gasteiger charge is 2.35. The van der Waals surface area contributed by atoms with Crippen molar-refractivity contribution in [2.24, 2.45) is 11.1 Å². The summed E-state index contributed by atoms with van der Waals surface area (Å²) in [6.45, 7) is 3.71. The van der Waals surface area contributed by atoms with Crippen molar-refractivity contribution in [3.8, 4) is 5.75 Å². The van der Waals surface area contributed by atoms with Crippen LogP contribution in [-0.2, 0) is 16.1 Å². The SMILES string of the molecule is CCCC(NC(=O)N1C/C(=N/OCC)NCC(Cc2cc(F)c(F)cc2OC)C1=O)c1ccc(C(=O)O)c(N)c1. The highest BCUT2D eigenvalue weighted by Crippen LogP contribution is 2.27. The molecule has 5 N–H and O–H groups in total. The van der Waals surface area contributed by atoms with Crippen molar-refractivity contribution in [2.75, 3.05) is 32.5 Å². The third kappa shape index (κ3) is 7.16. The van der Waals surface area contributed by atoms with E-state index in [2.05, 4.69) is 15.8 Å². The first-order valence-corrected chi connectivity index (χ1v) is 12.8. The summed E-state index contributed by atoms with van der Waals surface area (Å²) in [5.41, 5.74) is 6.72. The lowest BCUT2D eigenvalue weighted by molar-refractivity contribution is -0.131. The fourth-order valence-electron chi connectivity index (χ4n) is 4.38. The summed E-state index contributed by atoms with van der Waals surface area (Å²) in [5.74, 6) is -4.49. The van der Waals surface area contributed by atoms with Gasteiger partial charge in [-0.25, -0.2) is 18.4 Å². The third-order valence-corrected chi connectivity index (χ3v) is 6.40. The summed E-state index contributed by atoms with van der Waals surface area (Å²) in [7, 11) is 1.31. The smallest absolute Gasteiger partial charge is 0.337 e. The molecule has 13 heteroatoms. The Balaban J connectivity index is 1.91. The number of ether oxygens (including phenoxy) is 1. The van der Waals surface area contributed by atoms with Crippen LogP contribution in [0.3, 0.4) is 0 Å². The maximum absolute atomic E-state index is 14.0. The zero-order valence-corrected chi connectivity index (χ0v) is 22.5. The number of nitrogens with zero attached hydrogens (tertiary/aromatic N) is 2. The Morgan fingerprint density at radius 3 is 2.60 bits per heavy atom. The van der Waals surface area contributed by atoms with E-state index >= 15 is 0 Å². The number of carbonyl (C=O) groups excluding carboxylic acids is 2. The van der Waals surface area contributed by atoms with Gasteiger partial charge in [-0.3, -0.25) is 9.69 Å². The van der Waals surface area contributed by atoms with E-state index in [1.165, 1.54) is 19.2 Å². The van der Waals surface area contributed by atoms with E-state index in [9.17, 15) is 28.3 Å². The number of methoxy groups -OCH3 is 1. The minimum atomic E-state index is -1.17.